The van der Waals surface area contributed by atoms with Crippen LogP contribution in [0.25, 0.3) is 0 Å². The maximum Gasteiger partial charge on any atom is 0.246 e. The van der Waals surface area contributed by atoms with E-state index in [0.717, 1.165) is 48.1 Å². The summed E-state index contributed by atoms with van der Waals surface area (Å²) in [6.45, 7) is 11.7. The number of aryl methyl sites for hydroxylation is 2. The Morgan fingerprint density at radius 3 is 1.92 bits per heavy atom. The van der Waals surface area contributed by atoms with Crippen LogP contribution in [0.3, 0.4) is 0 Å². The number of amides is 1. The van der Waals surface area contributed by atoms with Gasteiger partial charge in [0, 0.05) is 105 Å². The molecule has 10 nitrogen and oxygen atoms in total. The Morgan fingerprint density at radius 1 is 0.717 bits per heavy atom. The number of hydrogen-bond donors (Lipinski definition) is 1. The van der Waals surface area contributed by atoms with E-state index in [-0.39, 0.29) is 23.9 Å². The van der Waals surface area contributed by atoms with Crippen LogP contribution in [0.1, 0.15) is 11.1 Å². The topological polar surface area (TPSA) is 88.7 Å². The van der Waals surface area contributed by atoms with Crippen LogP contribution in [-0.4, -0.2) is 109 Å². The first-order valence-corrected chi connectivity index (χ1v) is 20.2. The Bertz CT molecular complexity index is 1970. The van der Waals surface area contributed by atoms with E-state index in [2.05, 4.69) is 41.1 Å². The molecule has 3 aliphatic rings. The van der Waals surface area contributed by atoms with Crippen LogP contribution in [0, 0.1) is 13.8 Å². The first-order valence-electron chi connectivity index (χ1n) is 18.0. The van der Waals surface area contributed by atoms with Gasteiger partial charge in [0.2, 0.25) is 15.9 Å². The summed E-state index contributed by atoms with van der Waals surface area (Å²) in [4.78, 5) is 22.7. The van der Waals surface area contributed by atoms with Gasteiger partial charge in [-0.2, -0.15) is 4.31 Å². The third kappa shape index (κ3) is 9.21. The van der Waals surface area contributed by atoms with Crippen LogP contribution in [0.15, 0.2) is 95.9 Å². The van der Waals surface area contributed by atoms with Gasteiger partial charge in [0.25, 0.3) is 0 Å². The number of nitrogens with one attached hydrogen (secondary N) is 1. The minimum Gasteiger partial charge on any atom is -0.497 e. The number of piperazine rings is 3. The van der Waals surface area contributed by atoms with Crippen LogP contribution in [0.5, 0.6) is 5.75 Å². The molecule has 3 fully saturated rings. The molecule has 3 heterocycles. The second kappa shape index (κ2) is 17.4. The molecule has 0 radical (unpaired) electrons. The highest BCUT2D eigenvalue weighted by Gasteiger charge is 2.40. The lowest BCUT2D eigenvalue weighted by Crippen LogP contribution is -2.62. The van der Waals surface area contributed by atoms with E-state index in [9.17, 15) is 13.2 Å². The smallest absolute Gasteiger partial charge is 0.246 e. The van der Waals surface area contributed by atoms with Gasteiger partial charge in [0.1, 0.15) is 11.8 Å². The molecule has 13 heteroatoms. The lowest BCUT2D eigenvalue weighted by Gasteiger charge is -2.44. The SMILES string of the molecule is COc1cccc(S(=O)(=O)N2CCN(c3ccccc3)C(C(=O)N3CCN(c4cc(Cl)ccc4C)CC3)C2)c1.Cc1ccc(Cl)cc1N1CCNCC1. The van der Waals surface area contributed by atoms with Crippen molar-refractivity contribution in [3.63, 3.8) is 0 Å². The van der Waals surface area contributed by atoms with Crippen LogP contribution >= 0.6 is 23.2 Å². The lowest BCUT2D eigenvalue weighted by atomic mass is 10.1. The average molecular weight is 780 g/mol. The normalized spacial score (nSPS) is 18.3. The van der Waals surface area contributed by atoms with Crippen molar-refractivity contribution in [3.05, 3.63) is 112 Å². The first-order chi connectivity index (χ1) is 25.5. The quantitative estimate of drug-likeness (QED) is 0.247. The van der Waals surface area contributed by atoms with Gasteiger partial charge < -0.3 is 29.7 Å². The molecule has 7 rings (SSSR count). The van der Waals surface area contributed by atoms with Crippen LogP contribution in [0.2, 0.25) is 10.0 Å². The molecule has 1 atom stereocenters. The summed E-state index contributed by atoms with van der Waals surface area (Å²) in [5.74, 6) is 0.409. The number of benzene rings is 4. The molecule has 4 aromatic carbocycles. The van der Waals surface area contributed by atoms with E-state index in [1.54, 1.807) is 18.2 Å². The highest BCUT2D eigenvalue weighted by atomic mass is 35.5. The van der Waals surface area contributed by atoms with Gasteiger partial charge in [-0.25, -0.2) is 8.42 Å². The second-order valence-corrected chi connectivity index (χ2v) is 16.3. The fourth-order valence-corrected chi connectivity index (χ4v) is 8.96. The number of carbonyl (C=O) groups excluding carboxylic acids is 1. The van der Waals surface area contributed by atoms with E-state index < -0.39 is 16.1 Å². The van der Waals surface area contributed by atoms with Gasteiger partial charge in [-0.1, -0.05) is 59.6 Å². The molecule has 0 aliphatic carbocycles. The predicted molar refractivity (Wildman–Crippen MR) is 216 cm³/mol. The Labute approximate surface area is 323 Å². The lowest BCUT2D eigenvalue weighted by molar-refractivity contribution is -0.133. The number of para-hydroxylation sites is 1. The zero-order valence-corrected chi connectivity index (χ0v) is 32.9. The van der Waals surface area contributed by atoms with E-state index in [0.29, 0.717) is 43.5 Å². The zero-order valence-electron chi connectivity index (χ0n) is 30.5. The summed E-state index contributed by atoms with van der Waals surface area (Å²) in [5, 5.41) is 4.85. The van der Waals surface area contributed by atoms with Crippen molar-refractivity contribution >= 4 is 56.2 Å². The molecule has 0 spiro atoms. The molecule has 1 amide bonds. The zero-order chi connectivity index (χ0) is 37.5. The molecule has 3 saturated heterocycles. The monoisotopic (exact) mass is 778 g/mol. The van der Waals surface area contributed by atoms with Crippen LogP contribution in [-0.2, 0) is 14.8 Å². The summed E-state index contributed by atoms with van der Waals surface area (Å²) in [6, 6.07) is 27.5. The number of methoxy groups -OCH3 is 1. The van der Waals surface area contributed by atoms with Crippen LogP contribution in [0.4, 0.5) is 17.1 Å². The van der Waals surface area contributed by atoms with Crippen molar-refractivity contribution in [2.75, 3.05) is 93.8 Å². The van der Waals surface area contributed by atoms with Gasteiger partial charge in [-0.05, 0) is 73.5 Å². The second-order valence-electron chi connectivity index (χ2n) is 13.5. The van der Waals surface area contributed by atoms with E-state index >= 15 is 0 Å². The highest BCUT2D eigenvalue weighted by Crippen LogP contribution is 2.29. The van der Waals surface area contributed by atoms with Gasteiger partial charge in [-0.3, -0.25) is 4.79 Å². The van der Waals surface area contributed by atoms with Crippen molar-refractivity contribution in [2.45, 2.75) is 24.8 Å². The van der Waals surface area contributed by atoms with Crippen molar-refractivity contribution < 1.29 is 17.9 Å². The van der Waals surface area contributed by atoms with Crippen molar-refractivity contribution in [1.29, 1.82) is 0 Å². The van der Waals surface area contributed by atoms with Crippen molar-refractivity contribution in [1.82, 2.24) is 14.5 Å². The minimum absolute atomic E-state index is 0.0631. The number of carbonyl (C=O) groups is 1. The summed E-state index contributed by atoms with van der Waals surface area (Å²) >= 11 is 12.2. The molecule has 4 aromatic rings. The number of halogens is 2. The molecule has 53 heavy (non-hydrogen) atoms. The Kier molecular flexibility index (Phi) is 12.7. The predicted octanol–water partition coefficient (Wildman–Crippen LogP) is 5.94. The molecule has 3 aliphatic heterocycles. The molecule has 0 aromatic heterocycles. The summed E-state index contributed by atoms with van der Waals surface area (Å²) in [5.41, 5.74) is 5.70. The Morgan fingerprint density at radius 2 is 1.32 bits per heavy atom. The van der Waals surface area contributed by atoms with Gasteiger partial charge in [0.05, 0.1) is 12.0 Å². The maximum atomic E-state index is 14.0. The van der Waals surface area contributed by atoms with Gasteiger partial charge in [-0.15, -0.1) is 0 Å². The minimum atomic E-state index is -3.82. The molecule has 0 bridgehead atoms. The summed E-state index contributed by atoms with van der Waals surface area (Å²) in [6.07, 6.45) is 0. The van der Waals surface area contributed by atoms with Crippen molar-refractivity contribution in [3.8, 4) is 5.75 Å². The maximum absolute atomic E-state index is 14.0. The molecule has 1 N–H and O–H groups in total. The van der Waals surface area contributed by atoms with Gasteiger partial charge >= 0.3 is 0 Å². The standard InChI is InChI=1S/C29H33ClN4O4S.C11H15ClN2/c1-22-11-12-23(30)19-27(22)31-13-15-32(16-14-31)29(35)28-21-33(17-18-34(28)24-7-4-3-5-8-24)39(36,37)26-10-6-9-25(20-26)38-2;1-9-2-3-10(12)8-11(9)14-6-4-13-5-7-14/h3-12,19-20,28H,13-18,21H2,1-2H3;2-3,8,13H,4-7H2,1H3. The number of hydrogen-bond acceptors (Lipinski definition) is 8. The third-order valence-electron chi connectivity index (χ3n) is 10.1. The van der Waals surface area contributed by atoms with E-state index in [1.165, 1.54) is 28.7 Å². The van der Waals surface area contributed by atoms with E-state index in [4.69, 9.17) is 27.9 Å². The summed E-state index contributed by atoms with van der Waals surface area (Å²) in [7, 11) is -2.31. The summed E-state index contributed by atoms with van der Waals surface area (Å²) < 4.78 is 33.9. The van der Waals surface area contributed by atoms with Gasteiger partial charge in [0.15, 0.2) is 0 Å². The Hall–Kier alpha value is -4.00. The molecular formula is C40H48Cl2N6O4S. The molecule has 0 saturated carbocycles. The van der Waals surface area contributed by atoms with E-state index in [1.807, 2.05) is 64.4 Å². The fraction of sp³-hybridized carbons (Fsp3) is 0.375. The average Bonchev–Trinajstić information content (AvgIpc) is 3.20. The molecule has 1 unspecified atom stereocenters. The number of rotatable bonds is 7. The number of anilines is 3. The molecule has 282 valence electrons. The Balaban J connectivity index is 0.000000286. The number of sulfonamides is 1. The highest BCUT2D eigenvalue weighted by molar-refractivity contribution is 7.89. The van der Waals surface area contributed by atoms with Crippen LogP contribution < -0.4 is 24.8 Å². The third-order valence-corrected chi connectivity index (χ3v) is 12.5. The number of ether oxygens (including phenoxy) is 1. The fourth-order valence-electron chi connectivity index (χ4n) is 7.16. The first kappa shape index (κ1) is 38.7. The van der Waals surface area contributed by atoms with Crippen molar-refractivity contribution in [2.24, 2.45) is 0 Å². The largest absolute Gasteiger partial charge is 0.497 e. The number of nitrogens with zero attached hydrogens (tertiary/aromatic N) is 5. The molecular weight excluding hydrogens is 731 g/mol.